The molecule has 3 aromatic rings. The first kappa shape index (κ1) is 22.8. The molecule has 0 fully saturated rings. The molecule has 0 spiro atoms. The van der Waals surface area contributed by atoms with E-state index in [0.717, 1.165) is 0 Å². The van der Waals surface area contributed by atoms with Gasteiger partial charge in [-0.1, -0.05) is 12.1 Å². The molecule has 32 heavy (non-hydrogen) atoms. The van der Waals surface area contributed by atoms with E-state index in [1.54, 1.807) is 6.07 Å². The van der Waals surface area contributed by atoms with Gasteiger partial charge in [-0.25, -0.2) is 14.0 Å². The van der Waals surface area contributed by atoms with Crippen LogP contribution < -0.4 is 20.8 Å². The monoisotopic (exact) mass is 506 g/mol. The van der Waals surface area contributed by atoms with Crippen LogP contribution in [-0.4, -0.2) is 34.2 Å². The van der Waals surface area contributed by atoms with E-state index in [0.29, 0.717) is 5.56 Å². The Bertz CT molecular complexity index is 1290. The second-order valence-electron chi connectivity index (χ2n) is 6.51. The Morgan fingerprint density at radius 3 is 2.44 bits per heavy atom. The van der Waals surface area contributed by atoms with Crippen molar-refractivity contribution in [1.29, 1.82) is 0 Å². The van der Waals surface area contributed by atoms with Gasteiger partial charge in [0.25, 0.3) is 5.56 Å². The van der Waals surface area contributed by atoms with Crippen LogP contribution in [0.25, 0.3) is 11.1 Å². The maximum absolute atomic E-state index is 13.4. The molecule has 5 N–H and O–H groups in total. The summed E-state index contributed by atoms with van der Waals surface area (Å²) in [7, 11) is 1.32. The summed E-state index contributed by atoms with van der Waals surface area (Å²) in [6, 6.07) is 8.47. The summed E-state index contributed by atoms with van der Waals surface area (Å²) in [4.78, 5) is 37.8. The molecule has 0 amide bonds. The smallest absolute Gasteiger partial charge is 0.342 e. The van der Waals surface area contributed by atoms with Crippen LogP contribution in [0, 0.1) is 5.82 Å². The predicted molar refractivity (Wildman–Crippen MR) is 116 cm³/mol. The largest absolute Gasteiger partial charge is 0.493 e. The number of rotatable bonds is 7. The van der Waals surface area contributed by atoms with E-state index >= 15 is 0 Å². The lowest BCUT2D eigenvalue weighted by Gasteiger charge is -2.17. The summed E-state index contributed by atoms with van der Waals surface area (Å²) in [6.07, 6.45) is 0. The third-order valence-corrected chi connectivity index (χ3v) is 5.05. The molecule has 166 valence electrons. The Labute approximate surface area is 188 Å². The summed E-state index contributed by atoms with van der Waals surface area (Å²) in [6.45, 7) is -0.00915. The van der Waals surface area contributed by atoms with Crippen molar-refractivity contribution >= 4 is 33.7 Å². The number of hydrogen-bond acceptors (Lipinski definition) is 6. The maximum atomic E-state index is 13.4. The molecule has 2 aromatic carbocycles. The summed E-state index contributed by atoms with van der Waals surface area (Å²) >= 11 is 3.29. The van der Waals surface area contributed by atoms with Gasteiger partial charge >= 0.3 is 11.9 Å². The van der Waals surface area contributed by atoms with Crippen LogP contribution in [-0.2, 0) is 6.61 Å². The zero-order valence-electron chi connectivity index (χ0n) is 16.4. The normalized spacial score (nSPS) is 10.6. The highest BCUT2D eigenvalue weighted by Crippen LogP contribution is 2.42. The van der Waals surface area contributed by atoms with Crippen LogP contribution in [0.1, 0.15) is 26.3 Å². The van der Waals surface area contributed by atoms with Gasteiger partial charge in [0.05, 0.1) is 11.6 Å². The first-order valence-corrected chi connectivity index (χ1v) is 9.70. The number of ether oxygens (including phenoxy) is 2. The van der Waals surface area contributed by atoms with Crippen molar-refractivity contribution in [3.63, 3.8) is 0 Å². The van der Waals surface area contributed by atoms with Crippen molar-refractivity contribution in [1.82, 2.24) is 4.98 Å². The van der Waals surface area contributed by atoms with Crippen LogP contribution in [0.2, 0.25) is 0 Å². The van der Waals surface area contributed by atoms with Crippen LogP contribution in [0.3, 0.4) is 0 Å². The molecule has 0 bridgehead atoms. The van der Waals surface area contributed by atoms with Crippen molar-refractivity contribution in [2.24, 2.45) is 0 Å². The third-order valence-electron chi connectivity index (χ3n) is 4.46. The molecule has 11 heteroatoms. The van der Waals surface area contributed by atoms with Crippen LogP contribution >= 0.6 is 15.9 Å². The fourth-order valence-electron chi connectivity index (χ4n) is 3.12. The lowest BCUT2D eigenvalue weighted by atomic mass is 9.95. The average Bonchev–Trinajstić information content (AvgIpc) is 2.71. The minimum absolute atomic E-state index is 0.00915. The van der Waals surface area contributed by atoms with Gasteiger partial charge in [0.15, 0.2) is 11.5 Å². The fourth-order valence-corrected chi connectivity index (χ4v) is 3.68. The molecule has 1 heterocycles. The number of pyridine rings is 1. The Balaban J connectivity index is 2.17. The number of halogens is 2. The van der Waals surface area contributed by atoms with E-state index in [2.05, 4.69) is 15.9 Å². The van der Waals surface area contributed by atoms with E-state index in [1.165, 1.54) is 37.4 Å². The summed E-state index contributed by atoms with van der Waals surface area (Å²) in [5, 5.41) is 19.1. The number of hydrogen-bond donors (Lipinski definition) is 4. The topological polar surface area (TPSA) is 152 Å². The van der Waals surface area contributed by atoms with Crippen molar-refractivity contribution < 1.29 is 33.7 Å². The van der Waals surface area contributed by atoms with Crippen LogP contribution in [0.5, 0.6) is 11.5 Å². The minimum atomic E-state index is -1.63. The van der Waals surface area contributed by atoms with Gasteiger partial charge in [-0.2, -0.15) is 0 Å². The molecule has 0 aliphatic carbocycles. The number of methoxy groups -OCH3 is 1. The highest BCUT2D eigenvalue weighted by molar-refractivity contribution is 9.10. The molecule has 0 aliphatic heterocycles. The van der Waals surface area contributed by atoms with E-state index in [-0.39, 0.29) is 33.7 Å². The molecule has 0 saturated heterocycles. The summed E-state index contributed by atoms with van der Waals surface area (Å²) in [5.74, 6) is -3.78. The molecule has 9 nitrogen and oxygen atoms in total. The van der Waals surface area contributed by atoms with Gasteiger partial charge in [-0.05, 0) is 51.3 Å². The number of H-pyrrole nitrogens is 1. The number of nitrogen functional groups attached to an aromatic ring is 1. The number of benzene rings is 2. The number of anilines is 1. The molecule has 0 saturated carbocycles. The van der Waals surface area contributed by atoms with Gasteiger partial charge in [0.2, 0.25) is 0 Å². The van der Waals surface area contributed by atoms with Crippen LogP contribution in [0.4, 0.5) is 10.2 Å². The van der Waals surface area contributed by atoms with Gasteiger partial charge in [-0.3, -0.25) is 4.79 Å². The molecular formula is C21H16BrFN2O7. The van der Waals surface area contributed by atoms with Crippen molar-refractivity contribution in [3.8, 4) is 22.6 Å². The molecule has 3 rings (SSSR count). The van der Waals surface area contributed by atoms with Crippen molar-refractivity contribution in [2.75, 3.05) is 12.8 Å². The molecular weight excluding hydrogens is 491 g/mol. The Hall–Kier alpha value is -3.86. The number of carbonyl (C=O) groups is 2. The number of nitrogens with one attached hydrogen (secondary N) is 1. The SMILES string of the molecule is COc1cc(-c2c(C(=O)O)c(N)[nH]c(=O)c2C(=O)O)cc(Br)c1OCc1cccc(F)c1. The standard InChI is InChI=1S/C21H16BrFN2O7/c1-31-13-7-10(6-12(22)17(13)32-8-9-3-2-4-11(23)5-9)14-15(20(27)28)18(24)25-19(26)16(14)21(29)30/h2-7H,8H2,1H3,(H,27,28)(H,29,30)(H3,24,25,26). The highest BCUT2D eigenvalue weighted by atomic mass is 79.9. The van der Waals surface area contributed by atoms with E-state index in [1.807, 2.05) is 4.98 Å². The number of aromatic carboxylic acids is 2. The van der Waals surface area contributed by atoms with Gasteiger partial charge < -0.3 is 30.4 Å². The molecule has 0 radical (unpaired) electrons. The maximum Gasteiger partial charge on any atom is 0.342 e. The second kappa shape index (κ2) is 9.10. The number of nitrogens with two attached hydrogens (primary N) is 1. The fraction of sp³-hybridized carbons (Fsp3) is 0.0952. The van der Waals surface area contributed by atoms with Gasteiger partial charge in [0.1, 0.15) is 29.4 Å². The molecule has 1 aromatic heterocycles. The minimum Gasteiger partial charge on any atom is -0.493 e. The Kier molecular flexibility index (Phi) is 6.49. The van der Waals surface area contributed by atoms with Crippen LogP contribution in [0.15, 0.2) is 45.7 Å². The highest BCUT2D eigenvalue weighted by Gasteiger charge is 2.28. The zero-order valence-corrected chi connectivity index (χ0v) is 18.0. The lowest BCUT2D eigenvalue weighted by molar-refractivity contribution is 0.0695. The van der Waals surface area contributed by atoms with Crippen molar-refractivity contribution in [2.45, 2.75) is 6.61 Å². The predicted octanol–water partition coefficient (Wildman–Crippen LogP) is 3.51. The first-order valence-electron chi connectivity index (χ1n) is 8.91. The number of carboxylic acids is 2. The number of aromatic amines is 1. The van der Waals surface area contributed by atoms with E-state index < -0.39 is 40.3 Å². The van der Waals surface area contributed by atoms with E-state index in [4.69, 9.17) is 15.2 Å². The summed E-state index contributed by atoms with van der Waals surface area (Å²) < 4.78 is 24.7. The third kappa shape index (κ3) is 4.42. The molecule has 0 aliphatic rings. The summed E-state index contributed by atoms with van der Waals surface area (Å²) in [5.41, 5.74) is 3.44. The molecule has 0 atom stereocenters. The lowest BCUT2D eigenvalue weighted by Crippen LogP contribution is -2.24. The Morgan fingerprint density at radius 1 is 1.16 bits per heavy atom. The molecule has 0 unspecified atom stereocenters. The van der Waals surface area contributed by atoms with Gasteiger partial charge in [-0.15, -0.1) is 0 Å². The first-order chi connectivity index (χ1) is 15.1. The van der Waals surface area contributed by atoms with E-state index in [9.17, 15) is 29.0 Å². The average molecular weight is 507 g/mol. The number of carboxylic acid groups (broad SMARTS) is 2. The van der Waals surface area contributed by atoms with Crippen molar-refractivity contribution in [3.05, 3.63) is 73.7 Å². The zero-order chi connectivity index (χ0) is 23.6. The second-order valence-corrected chi connectivity index (χ2v) is 7.37. The van der Waals surface area contributed by atoms with Gasteiger partial charge in [0, 0.05) is 5.56 Å². The number of aromatic nitrogens is 1. The quantitative estimate of drug-likeness (QED) is 0.379. The Morgan fingerprint density at radius 2 is 1.84 bits per heavy atom.